The molecule has 2 N–H and O–H groups in total. The van der Waals surface area contributed by atoms with Gasteiger partial charge in [-0.05, 0) is 49.4 Å². The molecule has 0 spiro atoms. The largest absolute Gasteiger partial charge is 0.497 e. The van der Waals surface area contributed by atoms with Crippen LogP contribution in [0.1, 0.15) is 12.5 Å². The lowest BCUT2D eigenvalue weighted by atomic mass is 10.2. The van der Waals surface area contributed by atoms with Crippen LogP contribution in [0.2, 0.25) is 0 Å². The van der Waals surface area contributed by atoms with Gasteiger partial charge < -0.3 is 10.1 Å². The van der Waals surface area contributed by atoms with Crippen LogP contribution in [0.4, 0.5) is 18.9 Å². The van der Waals surface area contributed by atoms with Crippen LogP contribution in [0.25, 0.3) is 0 Å². The molecule has 0 fully saturated rings. The molecular formula is C17H17F3N2O4S. The monoisotopic (exact) mass is 402 g/mol. The van der Waals surface area contributed by atoms with Crippen LogP contribution < -0.4 is 14.8 Å². The van der Waals surface area contributed by atoms with Crippen molar-refractivity contribution < 1.29 is 31.1 Å². The van der Waals surface area contributed by atoms with Gasteiger partial charge in [0.05, 0.1) is 23.6 Å². The average Bonchev–Trinajstić information content (AvgIpc) is 2.61. The summed E-state index contributed by atoms with van der Waals surface area (Å²) in [5.41, 5.74) is -1.02. The number of rotatable bonds is 6. The highest BCUT2D eigenvalue weighted by molar-refractivity contribution is 7.89. The first-order valence-electron chi connectivity index (χ1n) is 7.67. The Hall–Kier alpha value is -2.59. The Kier molecular flexibility index (Phi) is 6.11. The van der Waals surface area contributed by atoms with E-state index < -0.39 is 33.7 Å². The van der Waals surface area contributed by atoms with Crippen molar-refractivity contribution in [3.63, 3.8) is 0 Å². The predicted molar refractivity (Wildman–Crippen MR) is 92.9 cm³/mol. The maximum absolute atomic E-state index is 12.7. The molecule has 0 saturated heterocycles. The first-order valence-corrected chi connectivity index (χ1v) is 9.16. The van der Waals surface area contributed by atoms with E-state index >= 15 is 0 Å². The third kappa shape index (κ3) is 5.44. The van der Waals surface area contributed by atoms with E-state index in [0.29, 0.717) is 5.75 Å². The molecule has 1 amide bonds. The summed E-state index contributed by atoms with van der Waals surface area (Å²) >= 11 is 0. The molecule has 0 aromatic heterocycles. The highest BCUT2D eigenvalue weighted by Crippen LogP contribution is 2.30. The van der Waals surface area contributed by atoms with Gasteiger partial charge in [-0.3, -0.25) is 4.79 Å². The van der Waals surface area contributed by atoms with Gasteiger partial charge in [0.25, 0.3) is 0 Å². The van der Waals surface area contributed by atoms with Gasteiger partial charge in [0.15, 0.2) is 0 Å². The number of anilines is 1. The fraction of sp³-hybridized carbons (Fsp3) is 0.235. The molecule has 0 bridgehead atoms. The third-order valence-corrected chi connectivity index (χ3v) is 5.11. The fourth-order valence-electron chi connectivity index (χ4n) is 2.13. The molecule has 0 radical (unpaired) electrons. The van der Waals surface area contributed by atoms with E-state index in [1.54, 1.807) is 0 Å². The summed E-state index contributed by atoms with van der Waals surface area (Å²) in [5.74, 6) is -0.337. The Morgan fingerprint density at radius 1 is 1.11 bits per heavy atom. The smallest absolute Gasteiger partial charge is 0.416 e. The zero-order chi connectivity index (χ0) is 20.2. The molecule has 27 heavy (non-hydrogen) atoms. The second-order valence-electron chi connectivity index (χ2n) is 5.59. The highest BCUT2D eigenvalue weighted by atomic mass is 32.2. The second-order valence-corrected chi connectivity index (χ2v) is 7.30. The van der Waals surface area contributed by atoms with E-state index in [9.17, 15) is 26.4 Å². The molecule has 1 unspecified atom stereocenters. The second kappa shape index (κ2) is 7.97. The zero-order valence-corrected chi connectivity index (χ0v) is 15.2. The van der Waals surface area contributed by atoms with Crippen molar-refractivity contribution in [3.8, 4) is 5.75 Å². The summed E-state index contributed by atoms with van der Waals surface area (Å²) in [6.45, 7) is 1.28. The molecule has 0 aliphatic carbocycles. The third-order valence-electron chi connectivity index (χ3n) is 3.55. The fourth-order valence-corrected chi connectivity index (χ4v) is 3.34. The number of hydrogen-bond acceptors (Lipinski definition) is 4. The van der Waals surface area contributed by atoms with Crippen molar-refractivity contribution >= 4 is 21.6 Å². The van der Waals surface area contributed by atoms with Gasteiger partial charge in [0.2, 0.25) is 15.9 Å². The van der Waals surface area contributed by atoms with E-state index in [0.717, 1.165) is 18.2 Å². The van der Waals surface area contributed by atoms with Gasteiger partial charge in [-0.2, -0.15) is 17.9 Å². The maximum atomic E-state index is 12.7. The number of ether oxygens (including phenoxy) is 1. The summed E-state index contributed by atoms with van der Waals surface area (Å²) in [6.07, 6.45) is -4.55. The van der Waals surface area contributed by atoms with Gasteiger partial charge in [0, 0.05) is 5.69 Å². The summed E-state index contributed by atoms with van der Waals surface area (Å²) in [7, 11) is -2.57. The summed E-state index contributed by atoms with van der Waals surface area (Å²) < 4.78 is 69.9. The molecule has 2 rings (SSSR count). The molecule has 2 aromatic carbocycles. The van der Waals surface area contributed by atoms with E-state index in [2.05, 4.69) is 10.0 Å². The minimum Gasteiger partial charge on any atom is -0.497 e. The van der Waals surface area contributed by atoms with E-state index in [1.165, 1.54) is 44.4 Å². The van der Waals surface area contributed by atoms with E-state index in [1.807, 2.05) is 0 Å². The predicted octanol–water partition coefficient (Wildman–Crippen LogP) is 3.02. The number of hydrogen-bond donors (Lipinski definition) is 2. The molecular weight excluding hydrogens is 385 g/mol. The highest BCUT2D eigenvalue weighted by Gasteiger charge is 2.30. The maximum Gasteiger partial charge on any atom is 0.416 e. The van der Waals surface area contributed by atoms with Gasteiger partial charge in [-0.25, -0.2) is 8.42 Å². The summed E-state index contributed by atoms with van der Waals surface area (Å²) in [4.78, 5) is 12.1. The number of carbonyl (C=O) groups is 1. The Morgan fingerprint density at radius 3 is 2.30 bits per heavy atom. The Bertz CT molecular complexity index is 913. The standard InChI is InChI=1S/C17H17F3N2O4S/c1-11(22-27(24,25)15-8-6-14(26-2)7-9-15)16(23)21-13-5-3-4-12(10-13)17(18,19)20/h3-11,22H,1-2H3,(H,21,23). The van der Waals surface area contributed by atoms with Crippen LogP contribution in [-0.2, 0) is 21.0 Å². The molecule has 6 nitrogen and oxygen atoms in total. The number of alkyl halides is 3. The van der Waals surface area contributed by atoms with Crippen molar-refractivity contribution in [2.24, 2.45) is 0 Å². The quantitative estimate of drug-likeness (QED) is 0.778. The number of halogens is 3. The Morgan fingerprint density at radius 2 is 1.74 bits per heavy atom. The lowest BCUT2D eigenvalue weighted by molar-refractivity contribution is -0.137. The van der Waals surface area contributed by atoms with Crippen LogP contribution in [0.5, 0.6) is 5.75 Å². The first-order chi connectivity index (χ1) is 12.5. The van der Waals surface area contributed by atoms with Crippen LogP contribution in [-0.4, -0.2) is 27.5 Å². The molecule has 0 heterocycles. The number of amides is 1. The number of nitrogens with one attached hydrogen (secondary N) is 2. The molecule has 0 aliphatic rings. The van der Waals surface area contributed by atoms with Crippen molar-refractivity contribution in [3.05, 3.63) is 54.1 Å². The normalized spacial score (nSPS) is 13.1. The molecule has 0 aliphatic heterocycles. The minimum atomic E-state index is -4.55. The van der Waals surface area contributed by atoms with Crippen LogP contribution in [0.3, 0.4) is 0 Å². The minimum absolute atomic E-state index is 0.0815. The van der Waals surface area contributed by atoms with Gasteiger partial charge in [0.1, 0.15) is 5.75 Å². The van der Waals surface area contributed by atoms with Gasteiger partial charge in [-0.1, -0.05) is 6.07 Å². The number of benzene rings is 2. The molecule has 2 aromatic rings. The lowest BCUT2D eigenvalue weighted by Crippen LogP contribution is -2.41. The molecule has 10 heteroatoms. The van der Waals surface area contributed by atoms with Crippen LogP contribution >= 0.6 is 0 Å². The summed E-state index contributed by atoms with van der Waals surface area (Å²) in [5, 5.41) is 2.26. The SMILES string of the molecule is COc1ccc(S(=O)(=O)NC(C)C(=O)Nc2cccc(C(F)(F)F)c2)cc1. The first kappa shape index (κ1) is 20.7. The summed E-state index contributed by atoms with van der Waals surface area (Å²) in [6, 6.07) is 8.34. The van der Waals surface area contributed by atoms with Crippen molar-refractivity contribution in [2.45, 2.75) is 24.0 Å². The van der Waals surface area contributed by atoms with E-state index in [4.69, 9.17) is 4.74 Å². The van der Waals surface area contributed by atoms with Crippen molar-refractivity contribution in [1.82, 2.24) is 4.72 Å². The van der Waals surface area contributed by atoms with Gasteiger partial charge >= 0.3 is 6.18 Å². The van der Waals surface area contributed by atoms with Crippen molar-refractivity contribution in [1.29, 1.82) is 0 Å². The van der Waals surface area contributed by atoms with E-state index in [-0.39, 0.29) is 10.6 Å². The van der Waals surface area contributed by atoms with Crippen LogP contribution in [0.15, 0.2) is 53.4 Å². The number of methoxy groups -OCH3 is 1. The Labute approximate surface area is 154 Å². The zero-order valence-electron chi connectivity index (χ0n) is 14.4. The van der Waals surface area contributed by atoms with Crippen molar-refractivity contribution in [2.75, 3.05) is 12.4 Å². The van der Waals surface area contributed by atoms with Crippen LogP contribution in [0, 0.1) is 0 Å². The van der Waals surface area contributed by atoms with Gasteiger partial charge in [-0.15, -0.1) is 0 Å². The number of carbonyl (C=O) groups excluding carboxylic acids is 1. The molecule has 146 valence electrons. The molecule has 0 saturated carbocycles. The Balaban J connectivity index is 2.08. The molecule has 1 atom stereocenters. The number of sulfonamides is 1. The average molecular weight is 402 g/mol. The topological polar surface area (TPSA) is 84.5 Å². The lowest BCUT2D eigenvalue weighted by Gasteiger charge is -2.15.